The third-order valence-corrected chi connectivity index (χ3v) is 3.46. The fourth-order valence-electron chi connectivity index (χ4n) is 2.20. The molecule has 8 heteroatoms. The molecule has 0 saturated carbocycles. The molecule has 2 atom stereocenters. The van der Waals surface area contributed by atoms with Crippen molar-refractivity contribution < 1.29 is 29.0 Å². The lowest BCUT2D eigenvalue weighted by Gasteiger charge is -2.21. The van der Waals surface area contributed by atoms with Crippen LogP contribution in [-0.4, -0.2) is 48.1 Å². The third-order valence-electron chi connectivity index (χ3n) is 3.46. The molecule has 0 spiro atoms. The van der Waals surface area contributed by atoms with Crippen molar-refractivity contribution in [1.29, 1.82) is 0 Å². The number of nitrogens with one attached hydrogen (secondary N) is 2. The molecule has 0 saturated heterocycles. The van der Waals surface area contributed by atoms with Crippen molar-refractivity contribution in [2.75, 3.05) is 7.11 Å². The lowest BCUT2D eigenvalue weighted by Crippen LogP contribution is -2.52. The highest BCUT2D eigenvalue weighted by molar-refractivity contribution is 5.90. The lowest BCUT2D eigenvalue weighted by molar-refractivity contribution is -0.144. The zero-order chi connectivity index (χ0) is 18.8. The Bertz CT molecular complexity index is 617. The number of aliphatic carboxylic acids is 1. The second-order valence-corrected chi connectivity index (χ2v) is 5.46. The van der Waals surface area contributed by atoms with E-state index in [0.29, 0.717) is 0 Å². The molecule has 0 unspecified atom stereocenters. The van der Waals surface area contributed by atoms with E-state index in [1.165, 1.54) is 14.0 Å². The Morgan fingerprint density at radius 3 is 2.24 bits per heavy atom. The Hall–Kier alpha value is -2.90. The summed E-state index contributed by atoms with van der Waals surface area (Å²) in [4.78, 5) is 46.2. The van der Waals surface area contributed by atoms with Gasteiger partial charge in [0.25, 0.3) is 0 Å². The summed E-state index contributed by atoms with van der Waals surface area (Å²) in [6.07, 6.45) is -0.0291. The maximum atomic E-state index is 12.4. The van der Waals surface area contributed by atoms with Crippen molar-refractivity contribution in [3.05, 3.63) is 35.9 Å². The monoisotopic (exact) mass is 350 g/mol. The molecule has 0 fully saturated rings. The molecule has 3 N–H and O–H groups in total. The van der Waals surface area contributed by atoms with Crippen LogP contribution in [-0.2, 0) is 30.3 Å². The SMILES string of the molecule is COC(=O)CC[C@H](NC(=O)[C@@H](Cc1ccccc1)NC(C)=O)C(=O)O. The number of amides is 2. The summed E-state index contributed by atoms with van der Waals surface area (Å²) in [7, 11) is 1.20. The van der Waals surface area contributed by atoms with Gasteiger partial charge < -0.3 is 20.5 Å². The average molecular weight is 350 g/mol. The van der Waals surface area contributed by atoms with Crippen molar-refractivity contribution in [3.8, 4) is 0 Å². The first-order valence-electron chi connectivity index (χ1n) is 7.74. The first-order chi connectivity index (χ1) is 11.8. The number of carboxylic acid groups (broad SMARTS) is 1. The summed E-state index contributed by atoms with van der Waals surface area (Å²) < 4.78 is 4.46. The largest absolute Gasteiger partial charge is 0.480 e. The fraction of sp³-hybridized carbons (Fsp3) is 0.412. The van der Waals surface area contributed by atoms with E-state index in [-0.39, 0.29) is 19.3 Å². The highest BCUT2D eigenvalue weighted by Gasteiger charge is 2.26. The van der Waals surface area contributed by atoms with Gasteiger partial charge in [-0.1, -0.05) is 30.3 Å². The van der Waals surface area contributed by atoms with E-state index in [9.17, 15) is 24.3 Å². The van der Waals surface area contributed by atoms with Crippen LogP contribution in [0.15, 0.2) is 30.3 Å². The second-order valence-electron chi connectivity index (χ2n) is 5.46. The molecule has 136 valence electrons. The fourth-order valence-corrected chi connectivity index (χ4v) is 2.20. The maximum Gasteiger partial charge on any atom is 0.326 e. The first-order valence-corrected chi connectivity index (χ1v) is 7.74. The van der Waals surface area contributed by atoms with Gasteiger partial charge in [-0.3, -0.25) is 14.4 Å². The van der Waals surface area contributed by atoms with Crippen LogP contribution >= 0.6 is 0 Å². The molecule has 0 aliphatic carbocycles. The van der Waals surface area contributed by atoms with E-state index in [4.69, 9.17) is 0 Å². The number of ether oxygens (including phenoxy) is 1. The molecule has 0 heterocycles. The van der Waals surface area contributed by atoms with Crippen LogP contribution in [0.5, 0.6) is 0 Å². The van der Waals surface area contributed by atoms with Gasteiger partial charge in [-0.2, -0.15) is 0 Å². The van der Waals surface area contributed by atoms with Gasteiger partial charge in [0.05, 0.1) is 7.11 Å². The van der Waals surface area contributed by atoms with Gasteiger partial charge in [0.1, 0.15) is 12.1 Å². The zero-order valence-corrected chi connectivity index (χ0v) is 14.2. The van der Waals surface area contributed by atoms with Crippen LogP contribution in [0.2, 0.25) is 0 Å². The maximum absolute atomic E-state index is 12.4. The number of hydrogen-bond donors (Lipinski definition) is 3. The van der Waals surface area contributed by atoms with E-state index in [2.05, 4.69) is 15.4 Å². The molecule has 0 aliphatic rings. The van der Waals surface area contributed by atoms with Gasteiger partial charge >= 0.3 is 11.9 Å². The summed E-state index contributed by atoms with van der Waals surface area (Å²) in [6, 6.07) is 6.86. The smallest absolute Gasteiger partial charge is 0.326 e. The molecule has 25 heavy (non-hydrogen) atoms. The standard InChI is InChI=1S/C17H22N2O6/c1-11(20)18-14(10-12-6-4-3-5-7-12)16(22)19-13(17(23)24)8-9-15(21)25-2/h3-7,13-14H,8-10H2,1-2H3,(H,18,20)(H,19,22)(H,23,24)/t13-,14+/m0/s1. The van der Waals surface area contributed by atoms with E-state index in [1.54, 1.807) is 24.3 Å². The molecule has 1 aromatic rings. The average Bonchev–Trinajstić information content (AvgIpc) is 2.57. The second kappa shape index (κ2) is 10.1. The molecule has 0 radical (unpaired) electrons. The molecule has 8 nitrogen and oxygen atoms in total. The Balaban J connectivity index is 2.78. The predicted molar refractivity (Wildman–Crippen MR) is 88.6 cm³/mol. The third kappa shape index (κ3) is 7.47. The minimum Gasteiger partial charge on any atom is -0.480 e. The molecular weight excluding hydrogens is 328 g/mol. The number of methoxy groups -OCH3 is 1. The summed E-state index contributed by atoms with van der Waals surface area (Å²) >= 11 is 0. The number of esters is 1. The highest BCUT2D eigenvalue weighted by atomic mass is 16.5. The molecule has 0 bridgehead atoms. The summed E-state index contributed by atoms with van der Waals surface area (Å²) in [5, 5.41) is 14.1. The lowest BCUT2D eigenvalue weighted by atomic mass is 10.0. The minimum absolute atomic E-state index is 0.105. The van der Waals surface area contributed by atoms with Crippen LogP contribution in [0.4, 0.5) is 0 Å². The molecular formula is C17H22N2O6. The van der Waals surface area contributed by atoms with Crippen molar-refractivity contribution in [2.45, 2.75) is 38.3 Å². The van der Waals surface area contributed by atoms with E-state index >= 15 is 0 Å². The minimum atomic E-state index is -1.27. The predicted octanol–water partition coefficient (Wildman–Crippen LogP) is 0.256. The van der Waals surface area contributed by atoms with Gasteiger partial charge in [-0.15, -0.1) is 0 Å². The van der Waals surface area contributed by atoms with Gasteiger partial charge in [0.15, 0.2) is 0 Å². The normalized spacial score (nSPS) is 12.6. The van der Waals surface area contributed by atoms with Crippen LogP contribution in [0, 0.1) is 0 Å². The summed E-state index contributed by atoms with van der Waals surface area (Å²) in [5.74, 6) is -2.87. The van der Waals surface area contributed by atoms with Crippen LogP contribution in [0.3, 0.4) is 0 Å². The summed E-state index contributed by atoms with van der Waals surface area (Å²) in [5.41, 5.74) is 0.817. The number of hydrogen-bond acceptors (Lipinski definition) is 5. The quantitative estimate of drug-likeness (QED) is 0.549. The van der Waals surface area contributed by atoms with Crippen molar-refractivity contribution in [2.24, 2.45) is 0 Å². The zero-order valence-electron chi connectivity index (χ0n) is 14.2. The van der Waals surface area contributed by atoms with E-state index in [0.717, 1.165) is 5.56 Å². The van der Waals surface area contributed by atoms with E-state index in [1.807, 2.05) is 6.07 Å². The van der Waals surface area contributed by atoms with Crippen molar-refractivity contribution in [1.82, 2.24) is 10.6 Å². The molecule has 2 amide bonds. The van der Waals surface area contributed by atoms with Crippen LogP contribution in [0.1, 0.15) is 25.3 Å². The molecule has 0 aliphatic heterocycles. The van der Waals surface area contributed by atoms with Gasteiger partial charge in [0, 0.05) is 19.8 Å². The van der Waals surface area contributed by atoms with Gasteiger partial charge in [-0.25, -0.2) is 4.79 Å². The number of rotatable bonds is 9. The Kier molecular flexibility index (Phi) is 8.11. The molecule has 1 aromatic carbocycles. The first kappa shape index (κ1) is 20.1. The number of benzene rings is 1. The van der Waals surface area contributed by atoms with Crippen LogP contribution < -0.4 is 10.6 Å². The molecule has 1 rings (SSSR count). The highest BCUT2D eigenvalue weighted by Crippen LogP contribution is 2.06. The van der Waals surface area contributed by atoms with Gasteiger partial charge in [-0.05, 0) is 12.0 Å². The summed E-state index contributed by atoms with van der Waals surface area (Å²) in [6.45, 7) is 1.28. The number of carboxylic acids is 1. The van der Waals surface area contributed by atoms with E-state index < -0.39 is 35.8 Å². The van der Waals surface area contributed by atoms with Crippen molar-refractivity contribution >= 4 is 23.8 Å². The number of carbonyl (C=O) groups excluding carboxylic acids is 3. The van der Waals surface area contributed by atoms with Gasteiger partial charge in [0.2, 0.25) is 11.8 Å². The van der Waals surface area contributed by atoms with Crippen LogP contribution in [0.25, 0.3) is 0 Å². The Morgan fingerprint density at radius 2 is 1.72 bits per heavy atom. The Morgan fingerprint density at radius 1 is 1.08 bits per heavy atom. The topological polar surface area (TPSA) is 122 Å². The Labute approximate surface area is 145 Å². The molecule has 0 aromatic heterocycles. The number of carbonyl (C=O) groups is 4. The van der Waals surface area contributed by atoms with Crippen molar-refractivity contribution in [3.63, 3.8) is 0 Å².